The summed E-state index contributed by atoms with van der Waals surface area (Å²) < 4.78 is 2.29. The van der Waals surface area contributed by atoms with Gasteiger partial charge in [0, 0.05) is 24.5 Å². The van der Waals surface area contributed by atoms with Crippen LogP contribution in [0.25, 0.3) is 0 Å². The van der Waals surface area contributed by atoms with Crippen LogP contribution < -0.4 is 5.32 Å². The number of aromatic nitrogens is 2. The van der Waals surface area contributed by atoms with Crippen LogP contribution in [0.4, 0.5) is 5.95 Å². The van der Waals surface area contributed by atoms with Crippen LogP contribution in [-0.4, -0.2) is 27.1 Å². The summed E-state index contributed by atoms with van der Waals surface area (Å²) in [5.41, 5.74) is 1.11. The second kappa shape index (κ2) is 5.62. The van der Waals surface area contributed by atoms with Crippen molar-refractivity contribution < 1.29 is 0 Å². The maximum atomic E-state index is 4.53. The van der Waals surface area contributed by atoms with Gasteiger partial charge in [-0.2, -0.15) is 11.8 Å². The van der Waals surface area contributed by atoms with Crippen molar-refractivity contribution in [3.05, 3.63) is 11.9 Å². The second-order valence-corrected chi connectivity index (χ2v) is 5.83. The summed E-state index contributed by atoms with van der Waals surface area (Å²) in [6, 6.07) is 0. The average molecular weight is 239 g/mol. The normalized spacial score (nSPS) is 20.2. The van der Waals surface area contributed by atoms with Crippen LogP contribution >= 0.6 is 11.8 Å². The van der Waals surface area contributed by atoms with Gasteiger partial charge in [0.05, 0.1) is 5.69 Å². The van der Waals surface area contributed by atoms with E-state index in [1.165, 1.54) is 18.6 Å². The maximum absolute atomic E-state index is 4.53. The number of hydrogen-bond acceptors (Lipinski definition) is 3. The molecular formula is C12H21N3S. The monoisotopic (exact) mass is 239 g/mol. The third-order valence-corrected chi connectivity index (χ3v) is 4.23. The van der Waals surface area contributed by atoms with Crippen molar-refractivity contribution in [3.8, 4) is 0 Å². The zero-order valence-electron chi connectivity index (χ0n) is 10.2. The van der Waals surface area contributed by atoms with Gasteiger partial charge in [0.25, 0.3) is 0 Å². The van der Waals surface area contributed by atoms with Gasteiger partial charge in [-0.3, -0.25) is 0 Å². The fourth-order valence-electron chi connectivity index (χ4n) is 2.07. The molecule has 1 aromatic rings. The smallest absolute Gasteiger partial charge is 0.203 e. The summed E-state index contributed by atoms with van der Waals surface area (Å²) in [5, 5.41) is 4.19. The Morgan fingerprint density at radius 1 is 1.62 bits per heavy atom. The Bertz CT molecular complexity index is 329. The Morgan fingerprint density at radius 3 is 3.19 bits per heavy atom. The Balaban J connectivity index is 2.00. The molecule has 0 bridgehead atoms. The zero-order valence-corrected chi connectivity index (χ0v) is 11.0. The van der Waals surface area contributed by atoms with E-state index >= 15 is 0 Å². The number of imidazole rings is 1. The number of nitrogens with zero attached hydrogens (tertiary/aromatic N) is 2. The number of aryl methyl sites for hydroxylation is 1. The first kappa shape index (κ1) is 11.8. The lowest BCUT2D eigenvalue weighted by Gasteiger charge is -2.12. The molecule has 0 amide bonds. The summed E-state index contributed by atoms with van der Waals surface area (Å²) in [5.74, 6) is 2.38. The highest BCUT2D eigenvalue weighted by atomic mass is 32.2. The Kier molecular flexibility index (Phi) is 4.16. The lowest BCUT2D eigenvalue weighted by molar-refractivity contribution is 0.640. The van der Waals surface area contributed by atoms with Crippen LogP contribution in [0.1, 0.15) is 31.9 Å². The fourth-order valence-corrected chi connectivity index (χ4v) is 3.34. The summed E-state index contributed by atoms with van der Waals surface area (Å²) in [4.78, 5) is 4.53. The van der Waals surface area contributed by atoms with Crippen molar-refractivity contribution in [3.63, 3.8) is 0 Å². The fraction of sp³-hybridized carbons (Fsp3) is 0.750. The molecule has 4 heteroatoms. The molecule has 0 spiro atoms. The van der Waals surface area contributed by atoms with Crippen LogP contribution in [0.5, 0.6) is 0 Å². The predicted molar refractivity (Wildman–Crippen MR) is 71.2 cm³/mol. The Hall–Kier alpha value is -0.640. The second-order valence-electron chi connectivity index (χ2n) is 4.42. The standard InChI is InChI=1S/C12H21N3S/c1-3-6-13-12-14-10(2)8-15(12)9-11-5-4-7-16-11/h8,11H,3-7,9H2,1-2H3,(H,13,14). The van der Waals surface area contributed by atoms with E-state index in [9.17, 15) is 0 Å². The lowest BCUT2D eigenvalue weighted by Crippen LogP contribution is -2.13. The van der Waals surface area contributed by atoms with Gasteiger partial charge in [-0.05, 0) is 31.9 Å². The minimum atomic E-state index is 0.788. The van der Waals surface area contributed by atoms with Gasteiger partial charge >= 0.3 is 0 Å². The minimum absolute atomic E-state index is 0.788. The van der Waals surface area contributed by atoms with Crippen LogP contribution in [-0.2, 0) is 6.54 Å². The lowest BCUT2D eigenvalue weighted by atomic mass is 10.2. The van der Waals surface area contributed by atoms with Crippen molar-refractivity contribution in [2.45, 2.75) is 44.9 Å². The molecule has 16 heavy (non-hydrogen) atoms. The third kappa shape index (κ3) is 2.94. The van der Waals surface area contributed by atoms with Crippen molar-refractivity contribution in [1.29, 1.82) is 0 Å². The number of hydrogen-bond donors (Lipinski definition) is 1. The van der Waals surface area contributed by atoms with Gasteiger partial charge in [0.1, 0.15) is 0 Å². The summed E-state index contributed by atoms with van der Waals surface area (Å²) in [6.07, 6.45) is 6.04. The van der Waals surface area contributed by atoms with Crippen molar-refractivity contribution in [2.75, 3.05) is 17.6 Å². The topological polar surface area (TPSA) is 29.9 Å². The highest BCUT2D eigenvalue weighted by molar-refractivity contribution is 8.00. The molecule has 1 aliphatic heterocycles. The van der Waals surface area contributed by atoms with Crippen LogP contribution in [0.15, 0.2) is 6.20 Å². The Morgan fingerprint density at radius 2 is 2.50 bits per heavy atom. The quantitative estimate of drug-likeness (QED) is 0.857. The van der Waals surface area contributed by atoms with Gasteiger partial charge in [0.2, 0.25) is 5.95 Å². The number of nitrogens with one attached hydrogen (secondary N) is 1. The predicted octanol–water partition coefficient (Wildman–Crippen LogP) is 2.91. The van der Waals surface area contributed by atoms with Gasteiger partial charge in [-0.15, -0.1) is 0 Å². The van der Waals surface area contributed by atoms with Gasteiger partial charge in [-0.1, -0.05) is 6.92 Å². The number of thioether (sulfide) groups is 1. The van der Waals surface area contributed by atoms with E-state index in [4.69, 9.17) is 0 Å². The minimum Gasteiger partial charge on any atom is -0.356 e. The molecule has 1 aliphatic rings. The summed E-state index contributed by atoms with van der Waals surface area (Å²) >= 11 is 2.10. The molecule has 2 rings (SSSR count). The van der Waals surface area contributed by atoms with E-state index < -0.39 is 0 Å². The molecule has 1 unspecified atom stereocenters. The van der Waals surface area contributed by atoms with E-state index in [-0.39, 0.29) is 0 Å². The summed E-state index contributed by atoms with van der Waals surface area (Å²) in [6.45, 7) is 6.36. The van der Waals surface area contributed by atoms with Crippen molar-refractivity contribution >= 4 is 17.7 Å². The first-order chi connectivity index (χ1) is 7.79. The molecule has 3 nitrogen and oxygen atoms in total. The number of rotatable bonds is 5. The average Bonchev–Trinajstić information content (AvgIpc) is 2.86. The van der Waals surface area contributed by atoms with Crippen LogP contribution in [0.3, 0.4) is 0 Å². The zero-order chi connectivity index (χ0) is 11.4. The molecule has 2 heterocycles. The molecule has 1 fully saturated rings. The summed E-state index contributed by atoms with van der Waals surface area (Å²) in [7, 11) is 0. The van der Waals surface area contributed by atoms with Crippen molar-refractivity contribution in [2.24, 2.45) is 0 Å². The molecule has 0 radical (unpaired) electrons. The molecule has 0 saturated carbocycles. The molecule has 0 aromatic carbocycles. The first-order valence-corrected chi connectivity index (χ1v) is 7.23. The molecule has 1 saturated heterocycles. The van der Waals surface area contributed by atoms with Gasteiger partial charge < -0.3 is 9.88 Å². The molecule has 1 N–H and O–H groups in total. The molecular weight excluding hydrogens is 218 g/mol. The van der Waals surface area contributed by atoms with E-state index in [1.54, 1.807) is 0 Å². The van der Waals surface area contributed by atoms with Crippen molar-refractivity contribution in [1.82, 2.24) is 9.55 Å². The van der Waals surface area contributed by atoms with E-state index in [1.807, 2.05) is 0 Å². The maximum Gasteiger partial charge on any atom is 0.203 e. The van der Waals surface area contributed by atoms with Gasteiger partial charge in [0.15, 0.2) is 0 Å². The van der Waals surface area contributed by atoms with E-state index in [0.29, 0.717) is 0 Å². The molecule has 1 atom stereocenters. The number of anilines is 1. The largest absolute Gasteiger partial charge is 0.356 e. The highest BCUT2D eigenvalue weighted by Crippen LogP contribution is 2.28. The molecule has 1 aromatic heterocycles. The molecule has 90 valence electrons. The SMILES string of the molecule is CCCNc1nc(C)cn1CC1CCCS1. The highest BCUT2D eigenvalue weighted by Gasteiger charge is 2.17. The molecule has 0 aliphatic carbocycles. The van der Waals surface area contributed by atoms with E-state index in [0.717, 1.165) is 36.4 Å². The Labute approximate surface area is 102 Å². The van der Waals surface area contributed by atoms with Crippen LogP contribution in [0, 0.1) is 6.92 Å². The first-order valence-electron chi connectivity index (χ1n) is 6.19. The van der Waals surface area contributed by atoms with E-state index in [2.05, 4.69) is 46.7 Å². The third-order valence-electron chi connectivity index (χ3n) is 2.85. The van der Waals surface area contributed by atoms with Crippen LogP contribution in [0.2, 0.25) is 0 Å². The van der Waals surface area contributed by atoms with Gasteiger partial charge in [-0.25, -0.2) is 4.98 Å².